The molecule has 2 aromatic rings. The van der Waals surface area contributed by atoms with Crippen LogP contribution in [0.3, 0.4) is 0 Å². The first-order valence-electron chi connectivity index (χ1n) is 9.95. The van der Waals surface area contributed by atoms with E-state index >= 15 is 0 Å². The number of amides is 2. The Labute approximate surface area is 179 Å². The molecule has 1 aromatic heterocycles. The van der Waals surface area contributed by atoms with Crippen LogP contribution in [0.2, 0.25) is 0 Å². The van der Waals surface area contributed by atoms with Gasteiger partial charge in [0.25, 0.3) is 11.1 Å². The summed E-state index contributed by atoms with van der Waals surface area (Å²) in [5, 5.41) is 5.41. The number of piperidine rings is 1. The van der Waals surface area contributed by atoms with Crippen molar-refractivity contribution in [2.45, 2.75) is 19.4 Å². The van der Waals surface area contributed by atoms with Crippen molar-refractivity contribution in [3.8, 4) is 0 Å². The monoisotopic (exact) mass is 424 g/mol. The molecule has 0 radical (unpaired) electrons. The van der Waals surface area contributed by atoms with Crippen LogP contribution in [0.4, 0.5) is 16.4 Å². The highest BCUT2D eigenvalue weighted by atomic mass is 32.2. The summed E-state index contributed by atoms with van der Waals surface area (Å²) in [6.07, 6.45) is 5.42. The lowest BCUT2D eigenvalue weighted by molar-refractivity contribution is -0.115. The Hall–Kier alpha value is -2.91. The van der Waals surface area contributed by atoms with Crippen LogP contribution in [-0.4, -0.2) is 40.7 Å². The highest BCUT2D eigenvalue weighted by Gasteiger charge is 2.25. The first-order valence-corrected chi connectivity index (χ1v) is 10.8. The van der Waals surface area contributed by atoms with Crippen molar-refractivity contribution in [2.24, 2.45) is 5.92 Å². The van der Waals surface area contributed by atoms with Gasteiger partial charge in [-0.1, -0.05) is 18.2 Å². The molecule has 2 amide bonds. The first kappa shape index (κ1) is 20.4. The number of carbonyl (C=O) groups is 2. The van der Waals surface area contributed by atoms with E-state index in [2.05, 4.69) is 25.5 Å². The Kier molecular flexibility index (Phi) is 6.29. The number of aromatic nitrogens is 2. The summed E-state index contributed by atoms with van der Waals surface area (Å²) in [4.78, 5) is 34.5. The summed E-state index contributed by atoms with van der Waals surface area (Å²) in [6, 6.07) is 9.66. The summed E-state index contributed by atoms with van der Waals surface area (Å²) in [5.41, 5.74) is 8.57. The van der Waals surface area contributed by atoms with Crippen LogP contribution in [0.1, 0.15) is 24.1 Å². The highest BCUT2D eigenvalue weighted by Crippen LogP contribution is 2.26. The molecule has 0 atom stereocenters. The van der Waals surface area contributed by atoms with E-state index in [4.69, 9.17) is 5.73 Å². The summed E-state index contributed by atoms with van der Waals surface area (Å²) in [7, 11) is 0. The quantitative estimate of drug-likeness (QED) is 0.479. The SMILES string of the molecule is Nc1ccccc1CNCC1CCN(c2nccc(/C=C3\SC(=O)NC3=O)n2)CC1. The molecule has 3 heterocycles. The van der Waals surface area contributed by atoms with Gasteiger partial charge in [0.15, 0.2) is 0 Å². The Morgan fingerprint density at radius 1 is 1.23 bits per heavy atom. The molecule has 156 valence electrons. The lowest BCUT2D eigenvalue weighted by atomic mass is 9.97. The molecule has 0 spiro atoms. The Morgan fingerprint density at radius 3 is 2.77 bits per heavy atom. The van der Waals surface area contributed by atoms with Crippen LogP contribution in [0.15, 0.2) is 41.4 Å². The number of nitrogen functional groups attached to an aromatic ring is 1. The number of nitrogens with zero attached hydrogens (tertiary/aromatic N) is 3. The summed E-state index contributed by atoms with van der Waals surface area (Å²) in [5.74, 6) is 0.874. The molecule has 30 heavy (non-hydrogen) atoms. The zero-order chi connectivity index (χ0) is 20.9. The van der Waals surface area contributed by atoms with Crippen molar-refractivity contribution in [3.05, 3.63) is 52.7 Å². The van der Waals surface area contributed by atoms with E-state index in [0.717, 1.165) is 62.0 Å². The van der Waals surface area contributed by atoms with E-state index in [1.807, 2.05) is 24.3 Å². The van der Waals surface area contributed by atoms with Gasteiger partial charge in [-0.15, -0.1) is 0 Å². The summed E-state index contributed by atoms with van der Waals surface area (Å²) in [6.45, 7) is 3.50. The van der Waals surface area contributed by atoms with Crippen LogP contribution in [0.25, 0.3) is 6.08 Å². The molecular formula is C21H24N6O2S. The largest absolute Gasteiger partial charge is 0.398 e. The molecule has 2 aliphatic rings. The second-order valence-corrected chi connectivity index (χ2v) is 8.41. The average molecular weight is 425 g/mol. The second kappa shape index (κ2) is 9.27. The van der Waals surface area contributed by atoms with Crippen molar-refractivity contribution >= 4 is 40.6 Å². The maximum Gasteiger partial charge on any atom is 0.290 e. The number of hydrogen-bond donors (Lipinski definition) is 3. The minimum Gasteiger partial charge on any atom is -0.398 e. The number of anilines is 2. The number of hydrogen-bond acceptors (Lipinski definition) is 8. The van der Waals surface area contributed by atoms with E-state index < -0.39 is 0 Å². The molecule has 0 aliphatic carbocycles. The third-order valence-electron chi connectivity index (χ3n) is 5.29. The normalized spacial score (nSPS) is 18.8. The first-order chi connectivity index (χ1) is 14.6. The average Bonchev–Trinajstić information content (AvgIpc) is 3.07. The van der Waals surface area contributed by atoms with Crippen molar-refractivity contribution in [2.75, 3.05) is 30.3 Å². The molecule has 2 saturated heterocycles. The van der Waals surface area contributed by atoms with Crippen molar-refractivity contribution in [3.63, 3.8) is 0 Å². The maximum atomic E-state index is 11.7. The van der Waals surface area contributed by atoms with Crippen LogP contribution in [0.5, 0.6) is 0 Å². The lowest BCUT2D eigenvalue weighted by Crippen LogP contribution is -2.38. The molecule has 1 aromatic carbocycles. The van der Waals surface area contributed by atoms with Gasteiger partial charge in [0.2, 0.25) is 5.95 Å². The Morgan fingerprint density at radius 2 is 2.03 bits per heavy atom. The number of para-hydroxylation sites is 1. The van der Waals surface area contributed by atoms with E-state index in [-0.39, 0.29) is 11.1 Å². The van der Waals surface area contributed by atoms with Gasteiger partial charge in [0.1, 0.15) is 0 Å². The third kappa shape index (κ3) is 4.98. The van der Waals surface area contributed by atoms with Crippen LogP contribution in [-0.2, 0) is 11.3 Å². The zero-order valence-electron chi connectivity index (χ0n) is 16.5. The number of nitrogens with two attached hydrogens (primary N) is 1. The van der Waals surface area contributed by atoms with E-state index in [1.54, 1.807) is 18.3 Å². The zero-order valence-corrected chi connectivity index (χ0v) is 17.3. The van der Waals surface area contributed by atoms with Gasteiger partial charge in [-0.2, -0.15) is 0 Å². The summed E-state index contributed by atoms with van der Waals surface area (Å²) < 4.78 is 0. The van der Waals surface area contributed by atoms with Crippen LogP contribution in [0, 0.1) is 5.92 Å². The third-order valence-corrected chi connectivity index (χ3v) is 6.10. The van der Waals surface area contributed by atoms with E-state index in [9.17, 15) is 9.59 Å². The number of thioether (sulfide) groups is 1. The lowest BCUT2D eigenvalue weighted by Gasteiger charge is -2.32. The minimum absolute atomic E-state index is 0.355. The highest BCUT2D eigenvalue weighted by molar-refractivity contribution is 8.18. The number of nitrogens with one attached hydrogen (secondary N) is 2. The Bertz CT molecular complexity index is 971. The fourth-order valence-corrected chi connectivity index (χ4v) is 4.26. The predicted octanol–water partition coefficient (Wildman–Crippen LogP) is 2.39. The van der Waals surface area contributed by atoms with Crippen molar-refractivity contribution in [1.82, 2.24) is 20.6 Å². The molecule has 0 saturated carbocycles. The van der Waals surface area contributed by atoms with Crippen LogP contribution >= 0.6 is 11.8 Å². The number of carbonyl (C=O) groups excluding carboxylic acids is 2. The topological polar surface area (TPSA) is 113 Å². The van der Waals surface area contributed by atoms with E-state index in [0.29, 0.717) is 22.5 Å². The predicted molar refractivity (Wildman–Crippen MR) is 119 cm³/mol. The van der Waals surface area contributed by atoms with Gasteiger partial charge in [-0.3, -0.25) is 14.9 Å². The van der Waals surface area contributed by atoms with Gasteiger partial charge in [-0.05, 0) is 60.8 Å². The molecule has 2 aliphatic heterocycles. The number of benzene rings is 1. The molecule has 2 fully saturated rings. The molecule has 4 rings (SSSR count). The maximum absolute atomic E-state index is 11.7. The van der Waals surface area contributed by atoms with Gasteiger partial charge in [0, 0.05) is 31.5 Å². The molecule has 8 nitrogen and oxygen atoms in total. The molecule has 4 N–H and O–H groups in total. The minimum atomic E-state index is -0.379. The van der Waals surface area contributed by atoms with Crippen LogP contribution < -0.4 is 21.3 Å². The van der Waals surface area contributed by atoms with Gasteiger partial charge in [-0.25, -0.2) is 9.97 Å². The number of imide groups is 1. The smallest absolute Gasteiger partial charge is 0.290 e. The molecular weight excluding hydrogens is 400 g/mol. The van der Waals surface area contributed by atoms with Crippen molar-refractivity contribution < 1.29 is 9.59 Å². The van der Waals surface area contributed by atoms with Gasteiger partial charge < -0.3 is 16.0 Å². The summed E-state index contributed by atoms with van der Waals surface area (Å²) >= 11 is 0.890. The second-order valence-electron chi connectivity index (χ2n) is 7.39. The van der Waals surface area contributed by atoms with Crippen molar-refractivity contribution in [1.29, 1.82) is 0 Å². The fourth-order valence-electron chi connectivity index (χ4n) is 3.59. The molecule has 0 unspecified atom stereocenters. The van der Waals surface area contributed by atoms with Gasteiger partial charge in [0.05, 0.1) is 10.6 Å². The van der Waals surface area contributed by atoms with Gasteiger partial charge >= 0.3 is 0 Å². The van der Waals surface area contributed by atoms with E-state index in [1.165, 1.54) is 0 Å². The fraction of sp³-hybridized carbons (Fsp3) is 0.333. The molecule has 9 heteroatoms. The number of rotatable bonds is 6. The Balaban J connectivity index is 1.29. The standard InChI is InChI=1S/C21H24N6O2S/c22-17-4-2-1-3-15(17)13-23-12-14-6-9-27(10-7-14)20-24-8-5-16(25-20)11-18-19(28)26-21(29)30-18/h1-5,8,11,14,23H,6-7,9-10,12-13,22H2,(H,26,28,29)/b18-11-. The molecule has 0 bridgehead atoms.